The van der Waals surface area contributed by atoms with Crippen LogP contribution in [-0.4, -0.2) is 34.2 Å². The Morgan fingerprint density at radius 1 is 1.24 bits per heavy atom. The molecule has 4 rings (SSSR count). The fourth-order valence-corrected chi connectivity index (χ4v) is 4.36. The summed E-state index contributed by atoms with van der Waals surface area (Å²) in [4.78, 5) is 14.7. The summed E-state index contributed by atoms with van der Waals surface area (Å²) in [5.74, 6) is 0.865. The van der Waals surface area contributed by atoms with Gasteiger partial charge in [0.1, 0.15) is 5.82 Å². The Morgan fingerprint density at radius 2 is 2.04 bits per heavy atom. The molecule has 2 aliphatic carbocycles. The van der Waals surface area contributed by atoms with Crippen molar-refractivity contribution in [2.75, 3.05) is 18.9 Å². The van der Waals surface area contributed by atoms with Crippen molar-refractivity contribution in [3.05, 3.63) is 47.7 Å². The van der Waals surface area contributed by atoms with Crippen LogP contribution in [0.3, 0.4) is 0 Å². The maximum Gasteiger partial charge on any atom is 0.239 e. The summed E-state index contributed by atoms with van der Waals surface area (Å²) in [7, 11) is 2.04. The predicted molar refractivity (Wildman–Crippen MR) is 98.5 cm³/mol. The van der Waals surface area contributed by atoms with Crippen molar-refractivity contribution in [1.29, 1.82) is 0 Å². The molecule has 5 nitrogen and oxygen atoms in total. The zero-order valence-electron chi connectivity index (χ0n) is 14.8. The summed E-state index contributed by atoms with van der Waals surface area (Å²) >= 11 is 0. The standard InChI is InChI=1S/C20H26N4O/c1-23(18-11-10-15-6-2-5-9-17(15)18)14-20(25)22-19-12-13-21-24(19)16-7-3-4-8-16/h2,5-6,9,12-13,16,18H,3-4,7-8,10-11,14H2,1H3,(H,22,25). The topological polar surface area (TPSA) is 50.2 Å². The number of carbonyl (C=O) groups excluding carboxylic acids is 1. The smallest absolute Gasteiger partial charge is 0.239 e. The number of rotatable bonds is 5. The normalized spacial score (nSPS) is 20.2. The number of aromatic nitrogens is 2. The number of aryl methyl sites for hydroxylation is 1. The van der Waals surface area contributed by atoms with E-state index in [2.05, 4.69) is 39.6 Å². The average Bonchev–Trinajstić information content (AvgIpc) is 3.34. The molecule has 1 N–H and O–H groups in total. The SMILES string of the molecule is CN(CC(=O)Nc1ccnn1C1CCCC1)C1CCc2ccccc21. The van der Waals surface area contributed by atoms with Crippen molar-refractivity contribution in [3.63, 3.8) is 0 Å². The van der Waals surface area contributed by atoms with Crippen LogP contribution in [0.25, 0.3) is 0 Å². The van der Waals surface area contributed by atoms with E-state index in [1.54, 1.807) is 6.20 Å². The van der Waals surface area contributed by atoms with Crippen LogP contribution in [0.5, 0.6) is 0 Å². The minimum Gasteiger partial charge on any atom is -0.310 e. The summed E-state index contributed by atoms with van der Waals surface area (Å²) in [6, 6.07) is 11.2. The van der Waals surface area contributed by atoms with Crippen LogP contribution in [0.2, 0.25) is 0 Å². The summed E-state index contributed by atoms with van der Waals surface area (Å²) in [6.07, 6.45) is 8.78. The number of hydrogen-bond donors (Lipinski definition) is 1. The molecule has 1 fully saturated rings. The highest BCUT2D eigenvalue weighted by molar-refractivity contribution is 5.91. The highest BCUT2D eigenvalue weighted by Gasteiger charge is 2.27. The average molecular weight is 338 g/mol. The fraction of sp³-hybridized carbons (Fsp3) is 0.500. The van der Waals surface area contributed by atoms with E-state index in [-0.39, 0.29) is 5.91 Å². The first-order chi connectivity index (χ1) is 12.2. The van der Waals surface area contributed by atoms with Gasteiger partial charge in [-0.3, -0.25) is 9.69 Å². The van der Waals surface area contributed by atoms with Gasteiger partial charge in [0.05, 0.1) is 18.8 Å². The lowest BCUT2D eigenvalue weighted by atomic mass is 10.1. The maximum atomic E-state index is 12.6. The number of fused-ring (bicyclic) bond motifs is 1. The van der Waals surface area contributed by atoms with Crippen molar-refractivity contribution in [3.8, 4) is 0 Å². The molecule has 5 heteroatoms. The third-order valence-corrected chi connectivity index (χ3v) is 5.63. The monoisotopic (exact) mass is 338 g/mol. The van der Waals surface area contributed by atoms with E-state index >= 15 is 0 Å². The van der Waals surface area contributed by atoms with Crippen LogP contribution in [0, 0.1) is 0 Å². The van der Waals surface area contributed by atoms with Crippen molar-refractivity contribution in [2.24, 2.45) is 0 Å². The molecule has 132 valence electrons. The van der Waals surface area contributed by atoms with Gasteiger partial charge in [0.25, 0.3) is 0 Å². The molecular weight excluding hydrogens is 312 g/mol. The van der Waals surface area contributed by atoms with Crippen molar-refractivity contribution >= 4 is 11.7 Å². The second-order valence-electron chi connectivity index (χ2n) is 7.32. The van der Waals surface area contributed by atoms with Crippen LogP contribution < -0.4 is 5.32 Å². The second-order valence-corrected chi connectivity index (χ2v) is 7.32. The number of nitrogens with one attached hydrogen (secondary N) is 1. The van der Waals surface area contributed by atoms with E-state index in [4.69, 9.17) is 0 Å². The maximum absolute atomic E-state index is 12.6. The quantitative estimate of drug-likeness (QED) is 0.907. The van der Waals surface area contributed by atoms with Gasteiger partial charge in [-0.25, -0.2) is 4.68 Å². The molecule has 0 radical (unpaired) electrons. The van der Waals surface area contributed by atoms with Gasteiger partial charge in [0.2, 0.25) is 5.91 Å². The first-order valence-corrected chi connectivity index (χ1v) is 9.34. The minimum absolute atomic E-state index is 0.0339. The van der Waals surface area contributed by atoms with E-state index in [1.807, 2.05) is 17.8 Å². The van der Waals surface area contributed by atoms with Gasteiger partial charge < -0.3 is 5.32 Å². The molecule has 2 aliphatic rings. The van der Waals surface area contributed by atoms with E-state index in [9.17, 15) is 4.79 Å². The van der Waals surface area contributed by atoms with Gasteiger partial charge in [-0.1, -0.05) is 37.1 Å². The Kier molecular flexibility index (Phi) is 4.57. The highest BCUT2D eigenvalue weighted by atomic mass is 16.2. The van der Waals surface area contributed by atoms with Crippen LogP contribution >= 0.6 is 0 Å². The molecule has 1 saturated carbocycles. The number of nitrogens with zero attached hydrogens (tertiary/aromatic N) is 3. The molecular formula is C20H26N4O. The van der Waals surface area contributed by atoms with E-state index < -0.39 is 0 Å². The predicted octanol–water partition coefficient (Wildman–Crippen LogP) is 3.56. The summed E-state index contributed by atoms with van der Waals surface area (Å²) in [5, 5.41) is 7.49. The zero-order valence-corrected chi connectivity index (χ0v) is 14.8. The number of carbonyl (C=O) groups is 1. The van der Waals surface area contributed by atoms with E-state index in [0.29, 0.717) is 18.6 Å². The lowest BCUT2D eigenvalue weighted by Gasteiger charge is -2.24. The van der Waals surface area contributed by atoms with Crippen LogP contribution in [-0.2, 0) is 11.2 Å². The number of anilines is 1. The first-order valence-electron chi connectivity index (χ1n) is 9.34. The number of likely N-dealkylation sites (N-methyl/N-ethyl adjacent to an activating group) is 1. The molecule has 0 bridgehead atoms. The minimum atomic E-state index is 0.0339. The molecule has 1 heterocycles. The summed E-state index contributed by atoms with van der Waals surface area (Å²) in [6.45, 7) is 0.398. The Balaban J connectivity index is 1.39. The van der Waals surface area contributed by atoms with Gasteiger partial charge in [-0.2, -0.15) is 5.10 Å². The molecule has 0 aliphatic heterocycles. The Bertz CT molecular complexity index is 748. The van der Waals surface area contributed by atoms with Gasteiger partial charge in [0.15, 0.2) is 0 Å². The van der Waals surface area contributed by atoms with Crippen molar-refractivity contribution in [1.82, 2.24) is 14.7 Å². The molecule has 1 aromatic heterocycles. The van der Waals surface area contributed by atoms with Gasteiger partial charge in [-0.05, 0) is 43.9 Å². The van der Waals surface area contributed by atoms with Crippen LogP contribution in [0.4, 0.5) is 5.82 Å². The van der Waals surface area contributed by atoms with Crippen molar-refractivity contribution in [2.45, 2.75) is 50.6 Å². The molecule has 1 atom stereocenters. The van der Waals surface area contributed by atoms with E-state index in [0.717, 1.165) is 31.5 Å². The third kappa shape index (κ3) is 3.33. The Hall–Kier alpha value is -2.14. The lowest BCUT2D eigenvalue weighted by molar-refractivity contribution is -0.117. The lowest BCUT2D eigenvalue weighted by Crippen LogP contribution is -2.33. The zero-order chi connectivity index (χ0) is 17.2. The van der Waals surface area contributed by atoms with Crippen LogP contribution in [0.1, 0.15) is 55.3 Å². The third-order valence-electron chi connectivity index (χ3n) is 5.63. The van der Waals surface area contributed by atoms with Crippen LogP contribution in [0.15, 0.2) is 36.5 Å². The van der Waals surface area contributed by atoms with Crippen molar-refractivity contribution < 1.29 is 4.79 Å². The molecule has 2 aromatic rings. The van der Waals surface area contributed by atoms with Gasteiger partial charge >= 0.3 is 0 Å². The molecule has 1 amide bonds. The van der Waals surface area contributed by atoms with Gasteiger partial charge in [-0.15, -0.1) is 0 Å². The fourth-order valence-electron chi connectivity index (χ4n) is 4.36. The molecule has 25 heavy (non-hydrogen) atoms. The first kappa shape index (κ1) is 16.3. The second kappa shape index (κ2) is 7.00. The number of amides is 1. The Labute approximate surface area is 149 Å². The summed E-state index contributed by atoms with van der Waals surface area (Å²) < 4.78 is 2.00. The largest absolute Gasteiger partial charge is 0.310 e. The molecule has 1 aromatic carbocycles. The number of benzene rings is 1. The molecule has 1 unspecified atom stereocenters. The molecule has 0 saturated heterocycles. The summed E-state index contributed by atoms with van der Waals surface area (Å²) in [5.41, 5.74) is 2.79. The highest BCUT2D eigenvalue weighted by Crippen LogP contribution is 2.35. The number of hydrogen-bond acceptors (Lipinski definition) is 3. The van der Waals surface area contributed by atoms with Gasteiger partial charge in [0, 0.05) is 12.1 Å². The Morgan fingerprint density at radius 3 is 2.88 bits per heavy atom. The van der Waals surface area contributed by atoms with E-state index in [1.165, 1.54) is 24.0 Å². The molecule has 0 spiro atoms.